The molecule has 9 nitrogen and oxygen atoms in total. The number of rotatable bonds is 4. The predicted octanol–water partition coefficient (Wildman–Crippen LogP) is 3.32. The van der Waals surface area contributed by atoms with Crippen LogP contribution in [0.4, 0.5) is 16.4 Å². The normalized spacial score (nSPS) is 12.9. The van der Waals surface area contributed by atoms with Gasteiger partial charge >= 0.3 is 6.09 Å². The average molecular weight is 408 g/mol. The molecule has 4 rings (SSSR count). The van der Waals surface area contributed by atoms with E-state index in [9.17, 15) is 9.59 Å². The van der Waals surface area contributed by atoms with Gasteiger partial charge in [-0.2, -0.15) is 14.6 Å². The lowest BCUT2D eigenvalue weighted by atomic mass is 9.99. The molecule has 156 valence electrons. The van der Waals surface area contributed by atoms with E-state index < -0.39 is 11.7 Å². The summed E-state index contributed by atoms with van der Waals surface area (Å²) in [5, 5.41) is 4.44. The molecule has 1 aliphatic rings. The Morgan fingerprint density at radius 2 is 2.00 bits per heavy atom. The SMILES string of the molecule is CC(C)c1c2nn3c(N(Cc4cccc(N)c4)C(=O)OC(C)(C)C)nc(nc13)C2=O. The zero-order valence-electron chi connectivity index (χ0n) is 17.6. The maximum atomic E-state index is 13.1. The molecule has 0 aliphatic carbocycles. The Labute approximate surface area is 173 Å². The first-order valence-electron chi connectivity index (χ1n) is 9.75. The highest BCUT2D eigenvalue weighted by Gasteiger charge is 2.36. The largest absolute Gasteiger partial charge is 0.443 e. The predicted molar refractivity (Wildman–Crippen MR) is 112 cm³/mol. The number of anilines is 2. The second-order valence-corrected chi connectivity index (χ2v) is 8.64. The van der Waals surface area contributed by atoms with Crippen LogP contribution in [-0.4, -0.2) is 37.1 Å². The molecule has 1 aromatic carbocycles. The van der Waals surface area contributed by atoms with E-state index in [1.807, 2.05) is 26.0 Å². The van der Waals surface area contributed by atoms with Crippen molar-refractivity contribution in [3.8, 4) is 0 Å². The first kappa shape index (κ1) is 19.8. The molecule has 1 aliphatic heterocycles. The van der Waals surface area contributed by atoms with E-state index in [4.69, 9.17) is 10.5 Å². The monoisotopic (exact) mass is 408 g/mol. The summed E-state index contributed by atoms with van der Waals surface area (Å²) in [7, 11) is 0. The molecule has 9 heteroatoms. The van der Waals surface area contributed by atoms with Crippen LogP contribution in [0.2, 0.25) is 0 Å². The topological polar surface area (TPSA) is 116 Å². The van der Waals surface area contributed by atoms with E-state index in [0.717, 1.165) is 11.1 Å². The van der Waals surface area contributed by atoms with Crippen molar-refractivity contribution in [2.75, 3.05) is 10.6 Å². The van der Waals surface area contributed by atoms with E-state index >= 15 is 0 Å². The molecule has 0 spiro atoms. The highest BCUT2D eigenvalue weighted by atomic mass is 16.6. The van der Waals surface area contributed by atoms with Gasteiger partial charge in [-0.05, 0) is 44.4 Å². The molecular formula is C21H24N6O3. The van der Waals surface area contributed by atoms with E-state index in [0.29, 0.717) is 17.0 Å². The number of amides is 1. The number of nitrogens with two attached hydrogens (primary N) is 1. The summed E-state index contributed by atoms with van der Waals surface area (Å²) in [5.41, 5.74) is 8.17. The third kappa shape index (κ3) is 3.36. The summed E-state index contributed by atoms with van der Waals surface area (Å²) < 4.78 is 7.07. The molecular weight excluding hydrogens is 384 g/mol. The number of carbonyl (C=O) groups excluding carboxylic acids is 2. The lowest BCUT2D eigenvalue weighted by Gasteiger charge is -2.27. The molecule has 2 N–H and O–H groups in total. The fourth-order valence-corrected chi connectivity index (χ4v) is 3.43. The van der Waals surface area contributed by atoms with Crippen LogP contribution in [0.25, 0.3) is 5.65 Å². The van der Waals surface area contributed by atoms with Crippen LogP contribution in [0.15, 0.2) is 24.3 Å². The Bertz CT molecular complexity index is 1180. The van der Waals surface area contributed by atoms with Gasteiger partial charge in [-0.15, -0.1) is 0 Å². The average Bonchev–Trinajstić information content (AvgIpc) is 2.91. The molecule has 0 saturated heterocycles. The van der Waals surface area contributed by atoms with Gasteiger partial charge in [0.25, 0.3) is 5.78 Å². The molecule has 2 aromatic heterocycles. The van der Waals surface area contributed by atoms with Gasteiger partial charge < -0.3 is 10.5 Å². The van der Waals surface area contributed by atoms with Crippen LogP contribution >= 0.6 is 0 Å². The van der Waals surface area contributed by atoms with Gasteiger partial charge in [0.2, 0.25) is 11.8 Å². The van der Waals surface area contributed by atoms with Crippen LogP contribution in [0.5, 0.6) is 0 Å². The van der Waals surface area contributed by atoms with Crippen molar-refractivity contribution in [2.24, 2.45) is 0 Å². The number of fused-ring (bicyclic) bond motifs is 2. The highest BCUT2D eigenvalue weighted by Crippen LogP contribution is 2.32. The number of nitrogens with zero attached hydrogens (tertiary/aromatic N) is 5. The number of hydrogen-bond acceptors (Lipinski definition) is 7. The first-order valence-corrected chi connectivity index (χ1v) is 9.75. The second-order valence-electron chi connectivity index (χ2n) is 8.64. The van der Waals surface area contributed by atoms with Crippen molar-refractivity contribution in [3.63, 3.8) is 0 Å². The summed E-state index contributed by atoms with van der Waals surface area (Å²) in [5.74, 6) is -0.0852. The molecule has 0 saturated carbocycles. The molecule has 3 bridgehead atoms. The van der Waals surface area contributed by atoms with E-state index in [-0.39, 0.29) is 30.0 Å². The standard InChI is InChI=1S/C21H24N6O3/c1-11(2)14-15-16(28)17-23-18(14)27(25-15)19(24-17)26(20(29)30-21(3,4)5)10-12-7-6-8-13(22)9-12/h6-9,11H,10,22H2,1-5H3. The van der Waals surface area contributed by atoms with Gasteiger partial charge in [0.15, 0.2) is 5.65 Å². The maximum Gasteiger partial charge on any atom is 0.417 e. The zero-order chi connectivity index (χ0) is 21.8. The smallest absolute Gasteiger partial charge is 0.417 e. The van der Waals surface area contributed by atoms with E-state index in [2.05, 4.69) is 15.1 Å². The van der Waals surface area contributed by atoms with E-state index in [1.54, 1.807) is 32.9 Å². The number of ketones is 1. The van der Waals surface area contributed by atoms with E-state index in [1.165, 1.54) is 9.42 Å². The fraction of sp³-hybridized carbons (Fsp3) is 0.381. The Morgan fingerprint density at radius 3 is 2.63 bits per heavy atom. The summed E-state index contributed by atoms with van der Waals surface area (Å²) in [4.78, 5) is 35.9. The minimum Gasteiger partial charge on any atom is -0.443 e. The van der Waals surface area contributed by atoms with Crippen LogP contribution in [0, 0.1) is 0 Å². The Balaban J connectivity index is 1.87. The van der Waals surface area contributed by atoms with Gasteiger partial charge in [0.05, 0.1) is 6.54 Å². The number of aromatic nitrogens is 4. The Kier molecular flexibility index (Phi) is 4.48. The fourth-order valence-electron chi connectivity index (χ4n) is 3.43. The summed E-state index contributed by atoms with van der Waals surface area (Å²) in [6.45, 7) is 9.45. The number of ether oxygens (including phenoxy) is 1. The van der Waals surface area contributed by atoms with Crippen molar-refractivity contribution < 1.29 is 14.3 Å². The molecule has 3 aromatic rings. The quantitative estimate of drug-likeness (QED) is 0.515. The lowest BCUT2D eigenvalue weighted by molar-refractivity contribution is 0.0574. The zero-order valence-corrected chi connectivity index (χ0v) is 17.6. The second kappa shape index (κ2) is 6.79. The van der Waals surface area contributed by atoms with Crippen LogP contribution in [0.1, 0.15) is 68.0 Å². The van der Waals surface area contributed by atoms with Gasteiger partial charge in [0, 0.05) is 11.3 Å². The van der Waals surface area contributed by atoms with Gasteiger partial charge in [-0.1, -0.05) is 26.0 Å². The summed E-state index contributed by atoms with van der Waals surface area (Å²) >= 11 is 0. The molecule has 30 heavy (non-hydrogen) atoms. The van der Waals surface area contributed by atoms with Crippen molar-refractivity contribution in [2.45, 2.75) is 52.7 Å². The first-order chi connectivity index (χ1) is 14.0. The Hall–Kier alpha value is -3.49. The van der Waals surface area contributed by atoms with Gasteiger partial charge in [-0.25, -0.2) is 14.7 Å². The number of nitrogen functional groups attached to an aromatic ring is 1. The van der Waals surface area contributed by atoms with Crippen LogP contribution < -0.4 is 10.6 Å². The molecule has 0 fully saturated rings. The molecule has 3 heterocycles. The Morgan fingerprint density at radius 1 is 1.27 bits per heavy atom. The van der Waals surface area contributed by atoms with Gasteiger partial charge in [0.1, 0.15) is 11.3 Å². The minimum atomic E-state index is -0.714. The molecule has 0 radical (unpaired) electrons. The summed E-state index contributed by atoms with van der Waals surface area (Å²) in [6, 6.07) is 7.20. The third-order valence-electron chi connectivity index (χ3n) is 4.65. The van der Waals surface area contributed by atoms with Crippen molar-refractivity contribution in [1.82, 2.24) is 19.6 Å². The summed E-state index contributed by atoms with van der Waals surface area (Å²) in [6.07, 6.45) is -0.603. The number of benzene rings is 1. The van der Waals surface area contributed by atoms with Crippen molar-refractivity contribution in [1.29, 1.82) is 0 Å². The van der Waals surface area contributed by atoms with Crippen molar-refractivity contribution >= 4 is 29.2 Å². The maximum absolute atomic E-state index is 13.1. The third-order valence-corrected chi connectivity index (χ3v) is 4.65. The van der Waals surface area contributed by atoms with Crippen LogP contribution in [0.3, 0.4) is 0 Å². The molecule has 1 amide bonds. The van der Waals surface area contributed by atoms with Crippen molar-refractivity contribution in [3.05, 3.63) is 46.9 Å². The number of hydrogen-bond donors (Lipinski definition) is 1. The highest BCUT2D eigenvalue weighted by molar-refractivity contribution is 6.09. The van der Waals surface area contributed by atoms with Crippen LogP contribution in [-0.2, 0) is 11.3 Å². The van der Waals surface area contributed by atoms with Gasteiger partial charge in [-0.3, -0.25) is 4.79 Å². The molecule has 0 unspecified atom stereocenters. The molecule has 0 atom stereocenters. The lowest BCUT2D eigenvalue weighted by Crippen LogP contribution is -2.38. The number of carbonyl (C=O) groups is 2. The minimum absolute atomic E-state index is 0.0260.